The van der Waals surface area contributed by atoms with E-state index in [2.05, 4.69) is 9.97 Å². The van der Waals surface area contributed by atoms with E-state index in [0.717, 1.165) is 22.5 Å². The van der Waals surface area contributed by atoms with E-state index in [0.29, 0.717) is 0 Å². The Balaban J connectivity index is 2.58. The predicted molar refractivity (Wildman–Crippen MR) is 56.6 cm³/mol. The highest BCUT2D eigenvalue weighted by Gasteiger charge is 2.04. The quantitative estimate of drug-likeness (QED) is 0.739. The second-order valence-electron chi connectivity index (χ2n) is 3.13. The van der Waals surface area contributed by atoms with Gasteiger partial charge in [0, 0.05) is 24.2 Å². The van der Waals surface area contributed by atoms with E-state index in [-0.39, 0.29) is 0 Å². The van der Waals surface area contributed by atoms with Crippen molar-refractivity contribution >= 4 is 5.69 Å². The fourth-order valence-corrected chi connectivity index (χ4v) is 1.31. The number of aromatic nitrogens is 2. The third-order valence-electron chi connectivity index (χ3n) is 2.16. The minimum Gasteiger partial charge on any atom is -0.397 e. The molecule has 2 heterocycles. The molecule has 2 rings (SSSR count). The Morgan fingerprint density at radius 2 is 1.79 bits per heavy atom. The Morgan fingerprint density at radius 1 is 1.07 bits per heavy atom. The Morgan fingerprint density at radius 3 is 2.50 bits per heavy atom. The van der Waals surface area contributed by atoms with Crippen LogP contribution in [0.4, 0.5) is 5.69 Å². The standard InChI is InChI=1S/C11H11N3/c1-8-2-7-14-11(10(8)12)9-3-5-13-6-4-9/h2-7H,12H2,1H3. The lowest BCUT2D eigenvalue weighted by atomic mass is 10.1. The summed E-state index contributed by atoms with van der Waals surface area (Å²) in [6, 6.07) is 5.70. The molecule has 3 nitrogen and oxygen atoms in total. The molecule has 0 spiro atoms. The largest absolute Gasteiger partial charge is 0.397 e. The van der Waals surface area contributed by atoms with Crippen LogP contribution in [0, 0.1) is 6.92 Å². The molecule has 2 aromatic heterocycles. The number of anilines is 1. The molecule has 0 radical (unpaired) electrons. The van der Waals surface area contributed by atoms with Gasteiger partial charge in [-0.3, -0.25) is 9.97 Å². The summed E-state index contributed by atoms with van der Waals surface area (Å²) in [7, 11) is 0. The van der Waals surface area contributed by atoms with Crippen molar-refractivity contribution in [3.63, 3.8) is 0 Å². The first-order valence-corrected chi connectivity index (χ1v) is 4.40. The molecule has 3 heteroatoms. The highest BCUT2D eigenvalue weighted by atomic mass is 14.7. The third-order valence-corrected chi connectivity index (χ3v) is 2.16. The van der Waals surface area contributed by atoms with Gasteiger partial charge in [-0.2, -0.15) is 0 Å². The van der Waals surface area contributed by atoms with Crippen molar-refractivity contribution in [3.8, 4) is 11.3 Å². The van der Waals surface area contributed by atoms with Crippen LogP contribution in [0.1, 0.15) is 5.56 Å². The average Bonchev–Trinajstić information content (AvgIpc) is 2.23. The molecular formula is C11H11N3. The van der Waals surface area contributed by atoms with Crippen molar-refractivity contribution in [2.75, 3.05) is 5.73 Å². The van der Waals surface area contributed by atoms with Crippen molar-refractivity contribution in [2.45, 2.75) is 6.92 Å². The molecule has 0 aliphatic rings. The maximum absolute atomic E-state index is 5.93. The van der Waals surface area contributed by atoms with Gasteiger partial charge in [-0.05, 0) is 30.7 Å². The summed E-state index contributed by atoms with van der Waals surface area (Å²) in [6.07, 6.45) is 5.24. The topological polar surface area (TPSA) is 51.8 Å². The lowest BCUT2D eigenvalue weighted by Crippen LogP contribution is -1.95. The van der Waals surface area contributed by atoms with Gasteiger partial charge in [-0.15, -0.1) is 0 Å². The van der Waals surface area contributed by atoms with Crippen molar-refractivity contribution in [2.24, 2.45) is 0 Å². The molecule has 0 atom stereocenters. The van der Waals surface area contributed by atoms with Crippen LogP contribution in [-0.2, 0) is 0 Å². The van der Waals surface area contributed by atoms with Crippen LogP contribution in [0.3, 0.4) is 0 Å². The Kier molecular flexibility index (Phi) is 2.14. The number of hydrogen-bond acceptors (Lipinski definition) is 3. The molecule has 0 amide bonds. The summed E-state index contributed by atoms with van der Waals surface area (Å²) in [5.41, 5.74) is 9.54. The first-order valence-electron chi connectivity index (χ1n) is 4.40. The normalized spacial score (nSPS) is 10.1. The zero-order valence-corrected chi connectivity index (χ0v) is 7.94. The van der Waals surface area contributed by atoms with Gasteiger partial charge in [0.25, 0.3) is 0 Å². The summed E-state index contributed by atoms with van der Waals surface area (Å²) in [4.78, 5) is 8.21. The fourth-order valence-electron chi connectivity index (χ4n) is 1.31. The average molecular weight is 185 g/mol. The minimum atomic E-state index is 0.735. The number of pyridine rings is 2. The van der Waals surface area contributed by atoms with Gasteiger partial charge in [-0.25, -0.2) is 0 Å². The smallest absolute Gasteiger partial charge is 0.0934 e. The molecule has 14 heavy (non-hydrogen) atoms. The van der Waals surface area contributed by atoms with Gasteiger partial charge in [0.1, 0.15) is 0 Å². The highest BCUT2D eigenvalue weighted by molar-refractivity contribution is 5.74. The van der Waals surface area contributed by atoms with Crippen molar-refractivity contribution in [1.29, 1.82) is 0 Å². The summed E-state index contributed by atoms with van der Waals surface area (Å²) in [6.45, 7) is 1.97. The maximum Gasteiger partial charge on any atom is 0.0934 e. The molecule has 70 valence electrons. The number of hydrogen-bond donors (Lipinski definition) is 1. The van der Waals surface area contributed by atoms with Crippen LogP contribution in [0.25, 0.3) is 11.3 Å². The van der Waals surface area contributed by atoms with Crippen LogP contribution < -0.4 is 5.73 Å². The molecule has 0 bridgehead atoms. The fraction of sp³-hybridized carbons (Fsp3) is 0.0909. The number of nitrogens with two attached hydrogens (primary N) is 1. The van der Waals surface area contributed by atoms with E-state index in [1.165, 1.54) is 0 Å². The van der Waals surface area contributed by atoms with Crippen LogP contribution in [0.15, 0.2) is 36.8 Å². The molecule has 0 saturated carbocycles. The van der Waals surface area contributed by atoms with Crippen molar-refractivity contribution in [1.82, 2.24) is 9.97 Å². The molecule has 2 N–H and O–H groups in total. The lowest BCUT2D eigenvalue weighted by Gasteiger charge is -2.06. The number of nitrogen functional groups attached to an aromatic ring is 1. The van der Waals surface area contributed by atoms with Gasteiger partial charge >= 0.3 is 0 Å². The van der Waals surface area contributed by atoms with Gasteiger partial charge in [0.2, 0.25) is 0 Å². The lowest BCUT2D eigenvalue weighted by molar-refractivity contribution is 1.27. The van der Waals surface area contributed by atoms with Crippen LogP contribution in [0.5, 0.6) is 0 Å². The van der Waals surface area contributed by atoms with Gasteiger partial charge in [-0.1, -0.05) is 0 Å². The summed E-state index contributed by atoms with van der Waals surface area (Å²) in [5.74, 6) is 0. The molecule has 2 aromatic rings. The summed E-state index contributed by atoms with van der Waals surface area (Å²) >= 11 is 0. The van der Waals surface area contributed by atoms with E-state index in [1.54, 1.807) is 18.6 Å². The van der Waals surface area contributed by atoms with Gasteiger partial charge in [0.15, 0.2) is 0 Å². The molecule has 0 aliphatic carbocycles. The van der Waals surface area contributed by atoms with Gasteiger partial charge in [0.05, 0.1) is 11.4 Å². The van der Waals surface area contributed by atoms with Gasteiger partial charge < -0.3 is 5.73 Å². The van der Waals surface area contributed by atoms with E-state index in [9.17, 15) is 0 Å². The van der Waals surface area contributed by atoms with Crippen molar-refractivity contribution < 1.29 is 0 Å². The molecule has 0 aliphatic heterocycles. The molecule has 0 saturated heterocycles. The molecular weight excluding hydrogens is 174 g/mol. The zero-order valence-electron chi connectivity index (χ0n) is 7.94. The maximum atomic E-state index is 5.93. The summed E-state index contributed by atoms with van der Waals surface area (Å²) in [5, 5.41) is 0. The van der Waals surface area contributed by atoms with E-state index in [4.69, 9.17) is 5.73 Å². The molecule has 0 aromatic carbocycles. The second kappa shape index (κ2) is 3.46. The Labute approximate surface area is 82.6 Å². The zero-order chi connectivity index (χ0) is 9.97. The summed E-state index contributed by atoms with van der Waals surface area (Å²) < 4.78 is 0. The SMILES string of the molecule is Cc1ccnc(-c2ccncc2)c1N. The van der Waals surface area contributed by atoms with Crippen LogP contribution in [0.2, 0.25) is 0 Å². The third kappa shape index (κ3) is 1.44. The monoisotopic (exact) mass is 185 g/mol. The second-order valence-corrected chi connectivity index (χ2v) is 3.13. The number of aryl methyl sites for hydroxylation is 1. The van der Waals surface area contributed by atoms with Crippen LogP contribution in [-0.4, -0.2) is 9.97 Å². The first kappa shape index (κ1) is 8.69. The Bertz CT molecular complexity index is 438. The minimum absolute atomic E-state index is 0.735. The number of nitrogens with zero attached hydrogens (tertiary/aromatic N) is 2. The first-order chi connectivity index (χ1) is 6.79. The van der Waals surface area contributed by atoms with Crippen molar-refractivity contribution in [3.05, 3.63) is 42.4 Å². The Hall–Kier alpha value is -1.90. The molecule has 0 unspecified atom stereocenters. The molecule has 0 fully saturated rings. The number of rotatable bonds is 1. The van der Waals surface area contributed by atoms with Crippen LogP contribution >= 0.6 is 0 Å². The predicted octanol–water partition coefficient (Wildman–Crippen LogP) is 2.03. The van der Waals surface area contributed by atoms with E-state index in [1.807, 2.05) is 25.1 Å². The highest BCUT2D eigenvalue weighted by Crippen LogP contribution is 2.24. The van der Waals surface area contributed by atoms with E-state index < -0.39 is 0 Å². The van der Waals surface area contributed by atoms with E-state index >= 15 is 0 Å².